The standard InChI is InChI=1S/C19H27N3O2S.HI/c1-4-20-19(22(2)12-11-17-6-5-13-25-17)21-14-18(23)15-7-9-16(24-3)10-8-15;/h5-10,13,18,23H,4,11-12,14H2,1-3H3,(H,20,21);1H. The first-order valence-electron chi connectivity index (χ1n) is 8.48. The molecule has 144 valence electrons. The fourth-order valence-corrected chi connectivity index (χ4v) is 3.11. The monoisotopic (exact) mass is 489 g/mol. The third kappa shape index (κ3) is 7.13. The predicted octanol–water partition coefficient (Wildman–Crippen LogP) is 3.55. The molecule has 1 atom stereocenters. The highest BCUT2D eigenvalue weighted by Gasteiger charge is 2.10. The van der Waals surface area contributed by atoms with E-state index in [1.807, 2.05) is 38.2 Å². The van der Waals surface area contributed by atoms with E-state index in [0.717, 1.165) is 36.8 Å². The highest BCUT2D eigenvalue weighted by molar-refractivity contribution is 14.0. The van der Waals surface area contributed by atoms with Crippen LogP contribution in [0.5, 0.6) is 5.75 Å². The van der Waals surface area contributed by atoms with Crippen LogP contribution in [-0.2, 0) is 6.42 Å². The van der Waals surface area contributed by atoms with Crippen molar-refractivity contribution in [2.75, 3.05) is 33.8 Å². The van der Waals surface area contributed by atoms with E-state index >= 15 is 0 Å². The van der Waals surface area contributed by atoms with E-state index in [1.54, 1.807) is 18.4 Å². The van der Waals surface area contributed by atoms with Gasteiger partial charge in [0.25, 0.3) is 0 Å². The van der Waals surface area contributed by atoms with Crippen LogP contribution in [0.15, 0.2) is 46.8 Å². The molecule has 0 aliphatic carbocycles. The summed E-state index contributed by atoms with van der Waals surface area (Å²) >= 11 is 1.77. The van der Waals surface area contributed by atoms with Crippen LogP contribution in [0.2, 0.25) is 0 Å². The fraction of sp³-hybridized carbons (Fsp3) is 0.421. The molecule has 1 unspecified atom stereocenters. The molecule has 26 heavy (non-hydrogen) atoms. The number of benzene rings is 1. The first-order chi connectivity index (χ1) is 12.1. The number of rotatable bonds is 8. The van der Waals surface area contributed by atoms with Gasteiger partial charge >= 0.3 is 0 Å². The summed E-state index contributed by atoms with van der Waals surface area (Å²) in [6.45, 7) is 4.03. The molecule has 0 saturated heterocycles. The summed E-state index contributed by atoms with van der Waals surface area (Å²) in [5.41, 5.74) is 0.835. The lowest BCUT2D eigenvalue weighted by molar-refractivity contribution is 0.186. The normalized spacial score (nSPS) is 12.2. The van der Waals surface area contributed by atoms with Gasteiger partial charge in [-0.05, 0) is 42.5 Å². The number of nitrogens with one attached hydrogen (secondary N) is 1. The number of ether oxygens (including phenoxy) is 1. The van der Waals surface area contributed by atoms with Gasteiger partial charge in [0.05, 0.1) is 19.8 Å². The summed E-state index contributed by atoms with van der Waals surface area (Å²) in [5, 5.41) is 15.8. The van der Waals surface area contributed by atoms with Gasteiger partial charge in [-0.3, -0.25) is 4.99 Å². The number of nitrogens with zero attached hydrogens (tertiary/aromatic N) is 2. The third-order valence-electron chi connectivity index (χ3n) is 3.88. The maximum Gasteiger partial charge on any atom is 0.193 e. The summed E-state index contributed by atoms with van der Waals surface area (Å²) in [4.78, 5) is 8.05. The van der Waals surface area contributed by atoms with E-state index in [9.17, 15) is 5.11 Å². The molecule has 2 aromatic rings. The summed E-state index contributed by atoms with van der Waals surface area (Å²) in [5.74, 6) is 1.59. The van der Waals surface area contributed by atoms with Gasteiger partial charge < -0.3 is 20.1 Å². The van der Waals surface area contributed by atoms with Crippen LogP contribution in [0.1, 0.15) is 23.5 Å². The van der Waals surface area contributed by atoms with Crippen molar-refractivity contribution in [2.45, 2.75) is 19.4 Å². The second kappa shape index (κ2) is 12.1. The van der Waals surface area contributed by atoms with Crippen LogP contribution in [0, 0.1) is 0 Å². The Balaban J connectivity index is 0.00000338. The molecule has 0 bridgehead atoms. The van der Waals surface area contributed by atoms with Crippen molar-refractivity contribution < 1.29 is 9.84 Å². The zero-order valence-electron chi connectivity index (χ0n) is 15.5. The minimum Gasteiger partial charge on any atom is -0.497 e. The molecule has 2 rings (SSSR count). The zero-order chi connectivity index (χ0) is 18.1. The molecule has 0 aliphatic heterocycles. The SMILES string of the molecule is CCNC(=NCC(O)c1ccc(OC)cc1)N(C)CCc1cccs1.I. The van der Waals surface area contributed by atoms with Crippen LogP contribution >= 0.6 is 35.3 Å². The van der Waals surface area contributed by atoms with Crippen molar-refractivity contribution >= 4 is 41.3 Å². The van der Waals surface area contributed by atoms with Gasteiger partial charge in [-0.15, -0.1) is 35.3 Å². The van der Waals surface area contributed by atoms with Crippen LogP contribution in [0.25, 0.3) is 0 Å². The number of methoxy groups -OCH3 is 1. The van der Waals surface area contributed by atoms with Gasteiger partial charge in [0.2, 0.25) is 0 Å². The first kappa shape index (κ1) is 22.7. The van der Waals surface area contributed by atoms with Crippen molar-refractivity contribution in [1.82, 2.24) is 10.2 Å². The highest BCUT2D eigenvalue weighted by atomic mass is 127. The van der Waals surface area contributed by atoms with Crippen molar-refractivity contribution in [3.05, 3.63) is 52.2 Å². The minimum atomic E-state index is -0.634. The summed E-state index contributed by atoms with van der Waals surface area (Å²) in [6, 6.07) is 11.7. The largest absolute Gasteiger partial charge is 0.497 e. The fourth-order valence-electron chi connectivity index (χ4n) is 2.41. The number of aliphatic imine (C=N–C) groups is 1. The first-order valence-corrected chi connectivity index (χ1v) is 9.35. The summed E-state index contributed by atoms with van der Waals surface area (Å²) in [6.07, 6.45) is 0.352. The lowest BCUT2D eigenvalue weighted by atomic mass is 10.1. The summed E-state index contributed by atoms with van der Waals surface area (Å²) < 4.78 is 5.14. The molecular formula is C19H28IN3O2S. The van der Waals surface area contributed by atoms with Gasteiger partial charge in [0.15, 0.2) is 5.96 Å². The number of hydrogen-bond donors (Lipinski definition) is 2. The number of hydrogen-bond acceptors (Lipinski definition) is 4. The average molecular weight is 489 g/mol. The van der Waals surface area contributed by atoms with E-state index in [2.05, 4.69) is 32.7 Å². The average Bonchev–Trinajstić information content (AvgIpc) is 3.16. The lowest BCUT2D eigenvalue weighted by Gasteiger charge is -2.22. The van der Waals surface area contributed by atoms with E-state index in [4.69, 9.17) is 4.74 Å². The molecule has 5 nitrogen and oxygen atoms in total. The zero-order valence-corrected chi connectivity index (χ0v) is 18.7. The number of guanidine groups is 1. The Labute approximate surface area is 177 Å². The van der Waals surface area contributed by atoms with Gasteiger partial charge in [-0.25, -0.2) is 0 Å². The van der Waals surface area contributed by atoms with Crippen molar-refractivity contribution in [1.29, 1.82) is 0 Å². The number of thiophene rings is 1. The van der Waals surface area contributed by atoms with Gasteiger partial charge in [0, 0.05) is 25.0 Å². The molecular weight excluding hydrogens is 461 g/mol. The van der Waals surface area contributed by atoms with Crippen LogP contribution in [-0.4, -0.2) is 49.8 Å². The van der Waals surface area contributed by atoms with Crippen molar-refractivity contribution in [3.8, 4) is 5.75 Å². The third-order valence-corrected chi connectivity index (χ3v) is 4.82. The molecule has 0 aliphatic rings. The van der Waals surface area contributed by atoms with Crippen LogP contribution in [0.4, 0.5) is 0 Å². The van der Waals surface area contributed by atoms with Crippen molar-refractivity contribution in [2.24, 2.45) is 4.99 Å². The van der Waals surface area contributed by atoms with E-state index in [0.29, 0.717) is 6.54 Å². The smallest absolute Gasteiger partial charge is 0.193 e. The lowest BCUT2D eigenvalue weighted by Crippen LogP contribution is -2.40. The molecule has 0 saturated carbocycles. The second-order valence-corrected chi connectivity index (χ2v) is 6.77. The van der Waals surface area contributed by atoms with Gasteiger partial charge in [-0.2, -0.15) is 0 Å². The Morgan fingerprint density at radius 1 is 1.31 bits per heavy atom. The Hall–Kier alpha value is -1.32. The Morgan fingerprint density at radius 3 is 2.62 bits per heavy atom. The Morgan fingerprint density at radius 2 is 2.04 bits per heavy atom. The second-order valence-electron chi connectivity index (χ2n) is 5.73. The number of likely N-dealkylation sites (N-methyl/N-ethyl adjacent to an activating group) is 1. The molecule has 0 spiro atoms. The van der Waals surface area contributed by atoms with E-state index in [1.165, 1.54) is 4.88 Å². The maximum atomic E-state index is 10.4. The van der Waals surface area contributed by atoms with Crippen LogP contribution < -0.4 is 10.1 Å². The topological polar surface area (TPSA) is 57.1 Å². The molecule has 0 radical (unpaired) electrons. The quantitative estimate of drug-likeness (QED) is 0.339. The molecule has 7 heteroatoms. The van der Waals surface area contributed by atoms with E-state index in [-0.39, 0.29) is 24.0 Å². The molecule has 1 heterocycles. The van der Waals surface area contributed by atoms with Crippen LogP contribution in [0.3, 0.4) is 0 Å². The minimum absolute atomic E-state index is 0. The maximum absolute atomic E-state index is 10.4. The highest BCUT2D eigenvalue weighted by Crippen LogP contribution is 2.18. The number of aliphatic hydroxyl groups is 1. The molecule has 1 aromatic carbocycles. The molecule has 2 N–H and O–H groups in total. The predicted molar refractivity (Wildman–Crippen MR) is 120 cm³/mol. The van der Waals surface area contributed by atoms with Gasteiger partial charge in [-0.1, -0.05) is 18.2 Å². The van der Waals surface area contributed by atoms with Gasteiger partial charge in [0.1, 0.15) is 5.75 Å². The van der Waals surface area contributed by atoms with Crippen molar-refractivity contribution in [3.63, 3.8) is 0 Å². The Kier molecular flexibility index (Phi) is 10.6. The Bertz CT molecular complexity index is 647. The summed E-state index contributed by atoms with van der Waals surface area (Å²) in [7, 11) is 3.65. The molecule has 1 aromatic heterocycles. The number of halogens is 1. The molecule has 0 amide bonds. The number of aliphatic hydroxyl groups excluding tert-OH is 1. The van der Waals surface area contributed by atoms with E-state index < -0.39 is 6.10 Å². The molecule has 0 fully saturated rings.